The van der Waals surface area contributed by atoms with Gasteiger partial charge in [-0.1, -0.05) is 5.16 Å². The van der Waals surface area contributed by atoms with Crippen LogP contribution in [0.25, 0.3) is 0 Å². The number of hydrogen-bond donors (Lipinski definition) is 0. The van der Waals surface area contributed by atoms with E-state index >= 15 is 0 Å². The molecule has 1 unspecified atom stereocenters. The van der Waals surface area contributed by atoms with E-state index in [4.69, 9.17) is 9.26 Å². The molecule has 20 heavy (non-hydrogen) atoms. The summed E-state index contributed by atoms with van der Waals surface area (Å²) in [5, 5.41) is 3.55. The van der Waals surface area contributed by atoms with Crippen LogP contribution in [0, 0.1) is 0 Å². The highest BCUT2D eigenvalue weighted by atomic mass is 16.5. The van der Waals surface area contributed by atoms with Crippen LogP contribution in [0.5, 0.6) is 6.01 Å². The standard InChI is InChI=1S/C13H14N4O3/c18-12(11-4-7-16-20-11)17-8-1-3-10(9-17)19-13-14-5-2-6-15-13/h2,4-7,10H,1,3,8-9H2. The van der Waals surface area contributed by atoms with E-state index in [0.717, 1.165) is 12.8 Å². The molecule has 104 valence electrons. The molecule has 3 rings (SSSR count). The number of carbonyl (C=O) groups excluding carboxylic acids is 1. The summed E-state index contributed by atoms with van der Waals surface area (Å²) in [5.74, 6) is 0.0893. The van der Waals surface area contributed by atoms with Crippen LogP contribution in [-0.2, 0) is 0 Å². The molecule has 2 aromatic rings. The lowest BCUT2D eigenvalue weighted by atomic mass is 10.1. The molecule has 0 saturated carbocycles. The maximum Gasteiger partial charge on any atom is 0.316 e. The van der Waals surface area contributed by atoms with Crippen molar-refractivity contribution in [3.05, 3.63) is 36.5 Å². The molecule has 1 atom stereocenters. The second-order valence-electron chi connectivity index (χ2n) is 4.54. The fourth-order valence-electron chi connectivity index (χ4n) is 2.20. The van der Waals surface area contributed by atoms with E-state index in [1.54, 1.807) is 29.4 Å². The molecule has 0 aliphatic carbocycles. The van der Waals surface area contributed by atoms with E-state index in [9.17, 15) is 4.79 Å². The van der Waals surface area contributed by atoms with E-state index < -0.39 is 0 Å². The van der Waals surface area contributed by atoms with Crippen molar-refractivity contribution >= 4 is 5.91 Å². The Kier molecular flexibility index (Phi) is 3.58. The second kappa shape index (κ2) is 5.68. The number of hydrogen-bond acceptors (Lipinski definition) is 6. The molecule has 2 aromatic heterocycles. The molecule has 0 N–H and O–H groups in total. The van der Waals surface area contributed by atoms with Crippen molar-refractivity contribution in [3.8, 4) is 6.01 Å². The van der Waals surface area contributed by atoms with Crippen LogP contribution < -0.4 is 4.74 Å². The highest BCUT2D eigenvalue weighted by Crippen LogP contribution is 2.17. The van der Waals surface area contributed by atoms with Crippen LogP contribution in [0.2, 0.25) is 0 Å². The third kappa shape index (κ3) is 2.76. The van der Waals surface area contributed by atoms with Gasteiger partial charge in [-0.3, -0.25) is 4.79 Å². The molecule has 1 amide bonds. The Labute approximate surface area is 115 Å². The topological polar surface area (TPSA) is 81.4 Å². The summed E-state index contributed by atoms with van der Waals surface area (Å²) in [6.07, 6.45) is 6.36. The number of nitrogens with zero attached hydrogens (tertiary/aromatic N) is 4. The minimum atomic E-state index is -0.162. The number of likely N-dealkylation sites (tertiary alicyclic amines) is 1. The van der Waals surface area contributed by atoms with Crippen LogP contribution in [0.4, 0.5) is 0 Å². The van der Waals surface area contributed by atoms with Crippen LogP contribution in [0.1, 0.15) is 23.4 Å². The third-order valence-corrected chi connectivity index (χ3v) is 3.13. The molecule has 0 spiro atoms. The number of aromatic nitrogens is 3. The summed E-state index contributed by atoms with van der Waals surface area (Å²) in [7, 11) is 0. The Balaban J connectivity index is 1.63. The number of piperidine rings is 1. The molecule has 1 fully saturated rings. The highest BCUT2D eigenvalue weighted by Gasteiger charge is 2.27. The fraction of sp³-hybridized carbons (Fsp3) is 0.385. The van der Waals surface area contributed by atoms with Crippen LogP contribution in [-0.4, -0.2) is 45.1 Å². The zero-order valence-electron chi connectivity index (χ0n) is 10.8. The molecule has 0 bridgehead atoms. The van der Waals surface area contributed by atoms with Gasteiger partial charge in [0.05, 0.1) is 12.7 Å². The smallest absolute Gasteiger partial charge is 0.316 e. The number of ether oxygens (including phenoxy) is 1. The van der Waals surface area contributed by atoms with Crippen molar-refractivity contribution in [2.24, 2.45) is 0 Å². The minimum Gasteiger partial charge on any atom is -0.458 e. The predicted molar refractivity (Wildman–Crippen MR) is 68.1 cm³/mol. The van der Waals surface area contributed by atoms with Crippen molar-refractivity contribution < 1.29 is 14.1 Å². The van der Waals surface area contributed by atoms with Gasteiger partial charge >= 0.3 is 6.01 Å². The normalized spacial score (nSPS) is 18.8. The summed E-state index contributed by atoms with van der Waals surface area (Å²) in [4.78, 5) is 21.9. The van der Waals surface area contributed by atoms with Gasteiger partial charge in [0.1, 0.15) is 6.10 Å². The van der Waals surface area contributed by atoms with Gasteiger partial charge < -0.3 is 14.2 Å². The second-order valence-corrected chi connectivity index (χ2v) is 4.54. The van der Waals surface area contributed by atoms with Crippen LogP contribution in [0.3, 0.4) is 0 Å². The minimum absolute atomic E-state index is 0.0991. The first-order valence-electron chi connectivity index (χ1n) is 6.46. The van der Waals surface area contributed by atoms with E-state index in [1.807, 2.05) is 0 Å². The fourth-order valence-corrected chi connectivity index (χ4v) is 2.20. The molecular weight excluding hydrogens is 260 g/mol. The maximum absolute atomic E-state index is 12.2. The quantitative estimate of drug-likeness (QED) is 0.835. The largest absolute Gasteiger partial charge is 0.458 e. The zero-order valence-corrected chi connectivity index (χ0v) is 10.8. The lowest BCUT2D eigenvalue weighted by Crippen LogP contribution is -2.44. The average Bonchev–Trinajstić information content (AvgIpc) is 3.02. The van der Waals surface area contributed by atoms with Crippen molar-refractivity contribution in [2.45, 2.75) is 18.9 Å². The first-order valence-corrected chi connectivity index (χ1v) is 6.46. The first-order chi connectivity index (χ1) is 9.83. The summed E-state index contributed by atoms with van der Waals surface area (Å²) in [5.41, 5.74) is 0. The van der Waals surface area contributed by atoms with Gasteiger partial charge in [-0.15, -0.1) is 0 Å². The zero-order chi connectivity index (χ0) is 13.8. The van der Waals surface area contributed by atoms with Crippen LogP contribution in [0.15, 0.2) is 35.2 Å². The van der Waals surface area contributed by atoms with Gasteiger partial charge in [-0.25, -0.2) is 9.97 Å². The molecule has 7 heteroatoms. The number of carbonyl (C=O) groups is 1. The summed E-state index contributed by atoms with van der Waals surface area (Å²) in [6, 6.07) is 3.63. The monoisotopic (exact) mass is 274 g/mol. The van der Waals surface area contributed by atoms with Crippen molar-refractivity contribution in [3.63, 3.8) is 0 Å². The molecule has 1 saturated heterocycles. The van der Waals surface area contributed by atoms with E-state index in [0.29, 0.717) is 19.1 Å². The van der Waals surface area contributed by atoms with Crippen molar-refractivity contribution in [1.29, 1.82) is 0 Å². The summed E-state index contributed by atoms with van der Waals surface area (Å²) in [6.45, 7) is 1.19. The Morgan fingerprint density at radius 2 is 2.20 bits per heavy atom. The predicted octanol–water partition coefficient (Wildman–Crippen LogP) is 1.15. The maximum atomic E-state index is 12.2. The van der Waals surface area contributed by atoms with Crippen LogP contribution >= 0.6 is 0 Å². The Bertz CT molecular complexity index is 558. The summed E-state index contributed by atoms with van der Waals surface area (Å²) >= 11 is 0. The Hall–Kier alpha value is -2.44. The lowest BCUT2D eigenvalue weighted by Gasteiger charge is -2.31. The Morgan fingerprint density at radius 1 is 1.35 bits per heavy atom. The van der Waals surface area contributed by atoms with E-state index in [-0.39, 0.29) is 17.8 Å². The average molecular weight is 274 g/mol. The van der Waals surface area contributed by atoms with Gasteiger partial charge in [-0.05, 0) is 18.9 Å². The van der Waals surface area contributed by atoms with Gasteiger partial charge in [0, 0.05) is 25.0 Å². The van der Waals surface area contributed by atoms with Crippen molar-refractivity contribution in [1.82, 2.24) is 20.0 Å². The molecule has 1 aliphatic heterocycles. The SMILES string of the molecule is O=C(c1ccno1)N1CCCC(Oc2ncccn2)C1. The number of rotatable bonds is 3. The molecule has 3 heterocycles. The molecule has 7 nitrogen and oxygen atoms in total. The van der Waals surface area contributed by atoms with E-state index in [1.165, 1.54) is 6.20 Å². The Morgan fingerprint density at radius 3 is 2.95 bits per heavy atom. The van der Waals surface area contributed by atoms with Crippen molar-refractivity contribution in [2.75, 3.05) is 13.1 Å². The first kappa shape index (κ1) is 12.6. The molecule has 0 radical (unpaired) electrons. The highest BCUT2D eigenvalue weighted by molar-refractivity contribution is 5.91. The van der Waals surface area contributed by atoms with Gasteiger partial charge in [0.25, 0.3) is 5.91 Å². The third-order valence-electron chi connectivity index (χ3n) is 3.13. The lowest BCUT2D eigenvalue weighted by molar-refractivity contribution is 0.0481. The van der Waals surface area contributed by atoms with E-state index in [2.05, 4.69) is 15.1 Å². The molecule has 1 aliphatic rings. The molecule has 0 aromatic carbocycles. The summed E-state index contributed by atoms with van der Waals surface area (Å²) < 4.78 is 10.6. The van der Waals surface area contributed by atoms with Gasteiger partial charge in [-0.2, -0.15) is 0 Å². The molecular formula is C13H14N4O3. The van der Waals surface area contributed by atoms with Gasteiger partial charge in [0.2, 0.25) is 5.76 Å². The van der Waals surface area contributed by atoms with Gasteiger partial charge in [0.15, 0.2) is 0 Å². The number of amides is 1.